The molecule has 0 fully saturated rings. The number of pyridine rings is 1. The minimum absolute atomic E-state index is 0.127. The summed E-state index contributed by atoms with van der Waals surface area (Å²) in [7, 11) is 0. The molecule has 2 aromatic heterocycles. The van der Waals surface area contributed by atoms with Crippen LogP contribution in [-0.4, -0.2) is 28.5 Å². The van der Waals surface area contributed by atoms with Gasteiger partial charge >= 0.3 is 5.97 Å². The van der Waals surface area contributed by atoms with E-state index in [1.54, 1.807) is 17.5 Å². The minimum Gasteiger partial charge on any atom is -0.463 e. The van der Waals surface area contributed by atoms with E-state index < -0.39 is 11.8 Å². The van der Waals surface area contributed by atoms with Crippen LogP contribution in [0.5, 0.6) is 0 Å². The molecule has 0 aliphatic rings. The first-order chi connectivity index (χ1) is 14.9. The topological polar surface area (TPSA) is 72.4 Å². The highest BCUT2D eigenvalue weighted by atomic mass is 32.1. The first-order valence-corrected chi connectivity index (χ1v) is 10.6. The SMILES string of the molecule is CC(=O)N(c1nc(C=CC(=O)OCCCc2cccc(C)n2)cs1)c1ccccc1F. The number of aryl methyl sites for hydroxylation is 2. The highest BCUT2D eigenvalue weighted by Crippen LogP contribution is 2.30. The lowest BCUT2D eigenvalue weighted by atomic mass is 10.2. The monoisotopic (exact) mass is 439 g/mol. The fraction of sp³-hybridized carbons (Fsp3) is 0.217. The number of hydrogen-bond acceptors (Lipinski definition) is 6. The number of halogens is 1. The standard InChI is InChI=1S/C23H22FN3O3S/c1-16-7-5-8-18(25-16)9-6-14-30-22(29)13-12-19-15-31-23(26-19)27(17(2)28)21-11-4-3-10-20(21)24/h3-5,7-8,10-13,15H,6,9,14H2,1-2H3. The summed E-state index contributed by atoms with van der Waals surface area (Å²) in [5.74, 6) is -1.36. The van der Waals surface area contributed by atoms with Crippen LogP contribution in [0.25, 0.3) is 6.08 Å². The molecular weight excluding hydrogens is 417 g/mol. The van der Waals surface area contributed by atoms with Gasteiger partial charge in [0, 0.05) is 29.8 Å². The molecule has 3 rings (SSSR count). The van der Waals surface area contributed by atoms with Crippen LogP contribution in [0.4, 0.5) is 15.2 Å². The number of aromatic nitrogens is 2. The number of nitrogens with zero attached hydrogens (tertiary/aromatic N) is 3. The second-order valence-electron chi connectivity index (χ2n) is 6.74. The van der Waals surface area contributed by atoms with Crippen LogP contribution in [0, 0.1) is 12.7 Å². The summed E-state index contributed by atoms with van der Waals surface area (Å²) in [6, 6.07) is 11.8. The number of para-hydroxylation sites is 1. The molecule has 1 amide bonds. The molecular formula is C23H22FN3O3S. The Hall–Kier alpha value is -3.39. The van der Waals surface area contributed by atoms with Crippen LogP contribution >= 0.6 is 11.3 Å². The summed E-state index contributed by atoms with van der Waals surface area (Å²) < 4.78 is 19.3. The van der Waals surface area contributed by atoms with Gasteiger partial charge in [0.2, 0.25) is 5.91 Å². The summed E-state index contributed by atoms with van der Waals surface area (Å²) >= 11 is 1.18. The predicted octanol–water partition coefficient (Wildman–Crippen LogP) is 4.86. The number of esters is 1. The molecule has 0 unspecified atom stereocenters. The first-order valence-electron chi connectivity index (χ1n) is 9.72. The summed E-state index contributed by atoms with van der Waals surface area (Å²) in [4.78, 5) is 33.9. The van der Waals surface area contributed by atoms with Gasteiger partial charge in [-0.25, -0.2) is 14.2 Å². The third-order valence-electron chi connectivity index (χ3n) is 4.27. The Morgan fingerprint density at radius 2 is 1.97 bits per heavy atom. The lowest BCUT2D eigenvalue weighted by molar-refractivity contribution is -0.137. The minimum atomic E-state index is -0.519. The van der Waals surface area contributed by atoms with Crippen molar-refractivity contribution < 1.29 is 18.7 Å². The van der Waals surface area contributed by atoms with Crippen molar-refractivity contribution in [1.29, 1.82) is 0 Å². The van der Waals surface area contributed by atoms with Gasteiger partial charge in [-0.1, -0.05) is 18.2 Å². The van der Waals surface area contributed by atoms with E-state index in [9.17, 15) is 14.0 Å². The molecule has 0 bridgehead atoms. The van der Waals surface area contributed by atoms with Gasteiger partial charge in [-0.3, -0.25) is 14.7 Å². The van der Waals surface area contributed by atoms with E-state index >= 15 is 0 Å². The van der Waals surface area contributed by atoms with Crippen molar-refractivity contribution in [1.82, 2.24) is 9.97 Å². The van der Waals surface area contributed by atoms with Crippen molar-refractivity contribution in [3.05, 3.63) is 76.8 Å². The van der Waals surface area contributed by atoms with Crippen LogP contribution in [0.3, 0.4) is 0 Å². The Bertz CT molecular complexity index is 1100. The van der Waals surface area contributed by atoms with Gasteiger partial charge in [0.1, 0.15) is 5.82 Å². The Kier molecular flexibility index (Phi) is 7.61. The van der Waals surface area contributed by atoms with Gasteiger partial charge in [-0.15, -0.1) is 11.3 Å². The van der Waals surface area contributed by atoms with Gasteiger partial charge in [0.25, 0.3) is 0 Å². The highest BCUT2D eigenvalue weighted by molar-refractivity contribution is 7.14. The molecule has 3 aromatic rings. The number of ether oxygens (including phenoxy) is 1. The summed E-state index contributed by atoms with van der Waals surface area (Å²) in [5.41, 5.74) is 2.52. The van der Waals surface area contributed by atoms with Crippen LogP contribution in [-0.2, 0) is 20.7 Å². The van der Waals surface area contributed by atoms with Gasteiger partial charge in [-0.2, -0.15) is 0 Å². The van der Waals surface area contributed by atoms with E-state index in [1.807, 2.05) is 25.1 Å². The van der Waals surface area contributed by atoms with Crippen LogP contribution in [0.1, 0.15) is 30.4 Å². The lowest BCUT2D eigenvalue weighted by Crippen LogP contribution is -2.23. The van der Waals surface area contributed by atoms with Crippen LogP contribution in [0.2, 0.25) is 0 Å². The van der Waals surface area contributed by atoms with Gasteiger partial charge < -0.3 is 4.74 Å². The second-order valence-corrected chi connectivity index (χ2v) is 7.57. The third kappa shape index (κ3) is 6.29. The zero-order chi connectivity index (χ0) is 22.2. The highest BCUT2D eigenvalue weighted by Gasteiger charge is 2.20. The summed E-state index contributed by atoms with van der Waals surface area (Å²) in [6.07, 6.45) is 4.19. The van der Waals surface area contributed by atoms with Crippen molar-refractivity contribution in [2.45, 2.75) is 26.7 Å². The molecule has 1 aromatic carbocycles. The number of rotatable bonds is 8. The Morgan fingerprint density at radius 3 is 2.71 bits per heavy atom. The Balaban J connectivity index is 1.55. The number of carbonyl (C=O) groups is 2. The average molecular weight is 440 g/mol. The number of amides is 1. The zero-order valence-electron chi connectivity index (χ0n) is 17.2. The maximum atomic E-state index is 14.1. The molecule has 6 nitrogen and oxygen atoms in total. The zero-order valence-corrected chi connectivity index (χ0v) is 18.1. The van der Waals surface area contributed by atoms with E-state index in [4.69, 9.17) is 4.74 Å². The summed E-state index contributed by atoms with van der Waals surface area (Å²) in [6.45, 7) is 3.56. The smallest absolute Gasteiger partial charge is 0.330 e. The molecule has 0 atom stereocenters. The number of hydrogen-bond donors (Lipinski definition) is 0. The first kappa shape index (κ1) is 22.3. The molecule has 160 valence electrons. The predicted molar refractivity (Wildman–Crippen MR) is 119 cm³/mol. The fourth-order valence-electron chi connectivity index (χ4n) is 2.86. The van der Waals surface area contributed by atoms with E-state index in [1.165, 1.54) is 47.4 Å². The summed E-state index contributed by atoms with van der Waals surface area (Å²) in [5, 5.41) is 2.00. The molecule has 31 heavy (non-hydrogen) atoms. The molecule has 2 heterocycles. The van der Waals surface area contributed by atoms with Gasteiger partial charge in [0.15, 0.2) is 5.13 Å². The quantitative estimate of drug-likeness (QED) is 0.285. The van der Waals surface area contributed by atoms with E-state index in [0.717, 1.165) is 17.8 Å². The number of anilines is 2. The third-order valence-corrected chi connectivity index (χ3v) is 5.11. The van der Waals surface area contributed by atoms with Gasteiger partial charge in [-0.05, 0) is 50.1 Å². The van der Waals surface area contributed by atoms with Gasteiger partial charge in [0.05, 0.1) is 18.0 Å². The molecule has 0 radical (unpaired) electrons. The Labute approximate surface area is 184 Å². The molecule has 0 aliphatic carbocycles. The molecule has 0 N–H and O–H groups in total. The van der Waals surface area contributed by atoms with E-state index in [0.29, 0.717) is 17.2 Å². The molecule has 0 spiro atoms. The fourth-order valence-corrected chi connectivity index (χ4v) is 3.71. The maximum Gasteiger partial charge on any atom is 0.330 e. The average Bonchev–Trinajstić information content (AvgIpc) is 3.19. The van der Waals surface area contributed by atoms with Crippen molar-refractivity contribution in [2.75, 3.05) is 11.5 Å². The molecule has 0 aliphatic heterocycles. The van der Waals surface area contributed by atoms with Crippen molar-refractivity contribution >= 4 is 40.1 Å². The number of carbonyl (C=O) groups excluding carboxylic acids is 2. The van der Waals surface area contributed by atoms with Crippen LogP contribution in [0.15, 0.2) is 53.9 Å². The number of thiazole rings is 1. The van der Waals surface area contributed by atoms with Crippen molar-refractivity contribution in [3.63, 3.8) is 0 Å². The number of benzene rings is 1. The second kappa shape index (κ2) is 10.6. The van der Waals surface area contributed by atoms with E-state index in [2.05, 4.69) is 9.97 Å². The van der Waals surface area contributed by atoms with Crippen LogP contribution < -0.4 is 4.90 Å². The Morgan fingerprint density at radius 1 is 1.16 bits per heavy atom. The molecule has 8 heteroatoms. The molecule has 0 saturated carbocycles. The van der Waals surface area contributed by atoms with Crippen molar-refractivity contribution in [2.24, 2.45) is 0 Å². The largest absolute Gasteiger partial charge is 0.463 e. The van der Waals surface area contributed by atoms with E-state index in [-0.39, 0.29) is 18.2 Å². The maximum absolute atomic E-state index is 14.1. The van der Waals surface area contributed by atoms with Crippen molar-refractivity contribution in [3.8, 4) is 0 Å². The lowest BCUT2D eigenvalue weighted by Gasteiger charge is -2.18. The molecule has 0 saturated heterocycles. The normalized spacial score (nSPS) is 10.9.